The number of carbonyl (C=O) groups is 1. The highest BCUT2D eigenvalue weighted by atomic mass is 32.1. The summed E-state index contributed by atoms with van der Waals surface area (Å²) in [6, 6.07) is 8.78. The van der Waals surface area contributed by atoms with Crippen LogP contribution in [0.4, 0.5) is 0 Å². The summed E-state index contributed by atoms with van der Waals surface area (Å²) in [5.41, 5.74) is 3.67. The Morgan fingerprint density at radius 2 is 1.88 bits per heavy atom. The van der Waals surface area contributed by atoms with Gasteiger partial charge in [-0.3, -0.25) is 9.69 Å². The lowest BCUT2D eigenvalue weighted by Gasteiger charge is -2.20. The lowest BCUT2D eigenvalue weighted by molar-refractivity contribution is -0.131. The van der Waals surface area contributed by atoms with E-state index < -0.39 is 0 Å². The average molecular weight is 356 g/mol. The quantitative estimate of drug-likeness (QED) is 0.845. The first kappa shape index (κ1) is 16.7. The van der Waals surface area contributed by atoms with E-state index in [1.807, 2.05) is 4.90 Å². The minimum atomic E-state index is 0.275. The third kappa shape index (κ3) is 3.60. The van der Waals surface area contributed by atoms with Crippen LogP contribution in [0.2, 0.25) is 0 Å². The van der Waals surface area contributed by atoms with Crippen molar-refractivity contribution in [2.45, 2.75) is 31.6 Å². The SMILES string of the molecule is Cc1ccc([C@@H]2CN(CC(=O)N3CCCC3)C[C@H]2c2csnn2)cc1. The number of hydrogen-bond acceptors (Lipinski definition) is 5. The Labute approximate surface area is 152 Å². The molecule has 6 heteroatoms. The molecule has 0 saturated carbocycles. The van der Waals surface area contributed by atoms with Crippen molar-refractivity contribution in [3.63, 3.8) is 0 Å². The van der Waals surface area contributed by atoms with Crippen LogP contribution < -0.4 is 0 Å². The van der Waals surface area contributed by atoms with Crippen LogP contribution >= 0.6 is 11.5 Å². The van der Waals surface area contributed by atoms with Crippen LogP contribution in [0, 0.1) is 6.92 Å². The molecule has 4 rings (SSSR count). The Hall–Kier alpha value is -1.79. The zero-order valence-corrected chi connectivity index (χ0v) is 15.4. The molecule has 5 nitrogen and oxygen atoms in total. The third-order valence-corrected chi connectivity index (χ3v) is 6.00. The van der Waals surface area contributed by atoms with E-state index >= 15 is 0 Å². The smallest absolute Gasteiger partial charge is 0.236 e. The van der Waals surface area contributed by atoms with E-state index in [2.05, 4.69) is 51.1 Å². The largest absolute Gasteiger partial charge is 0.342 e. The van der Waals surface area contributed by atoms with Gasteiger partial charge in [-0.25, -0.2) is 0 Å². The summed E-state index contributed by atoms with van der Waals surface area (Å²) in [6.45, 7) is 6.27. The van der Waals surface area contributed by atoms with Gasteiger partial charge in [0.1, 0.15) is 0 Å². The van der Waals surface area contributed by atoms with Gasteiger partial charge in [-0.15, -0.1) is 5.10 Å². The number of likely N-dealkylation sites (tertiary alicyclic amines) is 2. The molecule has 1 aromatic heterocycles. The molecule has 0 radical (unpaired) electrons. The van der Waals surface area contributed by atoms with Crippen molar-refractivity contribution in [1.82, 2.24) is 19.4 Å². The molecule has 2 saturated heterocycles. The Bertz CT molecular complexity index is 710. The van der Waals surface area contributed by atoms with Crippen LogP contribution in [0.3, 0.4) is 0 Å². The molecule has 0 spiro atoms. The number of nitrogens with zero attached hydrogens (tertiary/aromatic N) is 4. The standard InChI is InChI=1S/C19H24N4OS/c1-14-4-6-15(7-5-14)16-10-22(11-17(16)18-13-25-21-20-18)12-19(24)23-8-2-3-9-23/h4-7,13,16-17H,2-3,8-12H2,1H3/t16-,17+/m0/s1. The van der Waals surface area contributed by atoms with Gasteiger partial charge in [0.05, 0.1) is 12.2 Å². The summed E-state index contributed by atoms with van der Waals surface area (Å²) in [6.07, 6.45) is 2.29. The molecule has 0 unspecified atom stereocenters. The molecule has 0 N–H and O–H groups in total. The molecular weight excluding hydrogens is 332 g/mol. The molecule has 3 heterocycles. The highest BCUT2D eigenvalue weighted by Gasteiger charge is 2.37. The molecule has 2 atom stereocenters. The highest BCUT2D eigenvalue weighted by molar-refractivity contribution is 7.03. The third-order valence-electron chi connectivity index (χ3n) is 5.48. The highest BCUT2D eigenvalue weighted by Crippen LogP contribution is 2.39. The molecule has 132 valence electrons. The maximum atomic E-state index is 12.5. The molecule has 1 aromatic carbocycles. The number of aryl methyl sites for hydroxylation is 1. The lowest BCUT2D eigenvalue weighted by atomic mass is 9.87. The topological polar surface area (TPSA) is 49.3 Å². The van der Waals surface area contributed by atoms with Crippen LogP contribution in [-0.4, -0.2) is 58.0 Å². The Kier molecular flexibility index (Phi) is 4.81. The van der Waals surface area contributed by atoms with Crippen molar-refractivity contribution in [1.29, 1.82) is 0 Å². The van der Waals surface area contributed by atoms with E-state index in [4.69, 9.17) is 0 Å². The number of aromatic nitrogens is 2. The van der Waals surface area contributed by atoms with Crippen molar-refractivity contribution in [2.24, 2.45) is 0 Å². The zero-order chi connectivity index (χ0) is 17.2. The van der Waals surface area contributed by atoms with Gasteiger partial charge in [-0.2, -0.15) is 0 Å². The first-order valence-electron chi connectivity index (χ1n) is 9.04. The van der Waals surface area contributed by atoms with Gasteiger partial charge in [0, 0.05) is 43.4 Å². The fourth-order valence-electron chi connectivity index (χ4n) is 4.06. The molecule has 2 fully saturated rings. The Morgan fingerprint density at radius 1 is 1.16 bits per heavy atom. The van der Waals surface area contributed by atoms with E-state index in [1.54, 1.807) is 0 Å². The van der Waals surface area contributed by atoms with E-state index in [0.717, 1.165) is 44.7 Å². The van der Waals surface area contributed by atoms with Crippen molar-refractivity contribution >= 4 is 17.4 Å². The van der Waals surface area contributed by atoms with E-state index in [1.165, 1.54) is 22.7 Å². The molecule has 25 heavy (non-hydrogen) atoms. The molecule has 2 aliphatic rings. The second-order valence-corrected chi connectivity index (χ2v) is 7.85. The summed E-state index contributed by atoms with van der Waals surface area (Å²) in [5, 5.41) is 6.38. The average Bonchev–Trinajstić information content (AvgIpc) is 3.36. The minimum absolute atomic E-state index is 0.275. The van der Waals surface area contributed by atoms with E-state index in [9.17, 15) is 4.79 Å². The first-order chi connectivity index (χ1) is 12.2. The van der Waals surface area contributed by atoms with Crippen LogP contribution in [0.5, 0.6) is 0 Å². The Balaban J connectivity index is 1.52. The summed E-state index contributed by atoms with van der Waals surface area (Å²) >= 11 is 1.41. The fourth-order valence-corrected chi connectivity index (χ4v) is 4.58. The van der Waals surface area contributed by atoms with Crippen LogP contribution in [0.25, 0.3) is 0 Å². The van der Waals surface area contributed by atoms with Gasteiger partial charge < -0.3 is 4.90 Å². The van der Waals surface area contributed by atoms with Crippen molar-refractivity contribution in [3.8, 4) is 0 Å². The first-order valence-corrected chi connectivity index (χ1v) is 9.88. The zero-order valence-electron chi connectivity index (χ0n) is 14.6. The molecule has 2 aliphatic heterocycles. The van der Waals surface area contributed by atoms with Gasteiger partial charge >= 0.3 is 0 Å². The monoisotopic (exact) mass is 356 g/mol. The number of rotatable bonds is 4. The van der Waals surface area contributed by atoms with Gasteiger partial charge in [0.15, 0.2) is 0 Å². The van der Waals surface area contributed by atoms with E-state index in [-0.39, 0.29) is 5.91 Å². The van der Waals surface area contributed by atoms with Crippen LogP contribution in [0.1, 0.15) is 41.5 Å². The summed E-state index contributed by atoms with van der Waals surface area (Å²) in [4.78, 5) is 16.9. The summed E-state index contributed by atoms with van der Waals surface area (Å²) in [5.74, 6) is 0.959. The van der Waals surface area contributed by atoms with Gasteiger partial charge in [-0.05, 0) is 36.9 Å². The molecule has 0 aliphatic carbocycles. The van der Waals surface area contributed by atoms with Gasteiger partial charge in [-0.1, -0.05) is 34.3 Å². The molecular formula is C19H24N4OS. The second-order valence-electron chi connectivity index (χ2n) is 7.24. The normalized spacial score (nSPS) is 24.1. The number of hydrogen-bond donors (Lipinski definition) is 0. The van der Waals surface area contributed by atoms with Gasteiger partial charge in [0.25, 0.3) is 0 Å². The van der Waals surface area contributed by atoms with Gasteiger partial charge in [0.2, 0.25) is 5.91 Å². The lowest BCUT2D eigenvalue weighted by Crippen LogP contribution is -2.38. The van der Waals surface area contributed by atoms with Crippen molar-refractivity contribution in [3.05, 3.63) is 46.5 Å². The predicted molar refractivity (Wildman–Crippen MR) is 98.8 cm³/mol. The fraction of sp³-hybridized carbons (Fsp3) is 0.526. The summed E-state index contributed by atoms with van der Waals surface area (Å²) < 4.78 is 4.06. The number of benzene rings is 1. The number of carbonyl (C=O) groups excluding carboxylic acids is 1. The number of amides is 1. The maximum Gasteiger partial charge on any atom is 0.236 e. The second kappa shape index (κ2) is 7.22. The van der Waals surface area contributed by atoms with Crippen LogP contribution in [-0.2, 0) is 4.79 Å². The molecule has 2 aromatic rings. The maximum absolute atomic E-state index is 12.5. The Morgan fingerprint density at radius 3 is 2.56 bits per heavy atom. The molecule has 0 bridgehead atoms. The van der Waals surface area contributed by atoms with E-state index in [0.29, 0.717) is 18.4 Å². The van der Waals surface area contributed by atoms with Crippen molar-refractivity contribution < 1.29 is 4.79 Å². The minimum Gasteiger partial charge on any atom is -0.342 e. The van der Waals surface area contributed by atoms with Crippen molar-refractivity contribution in [2.75, 3.05) is 32.7 Å². The molecule has 1 amide bonds. The van der Waals surface area contributed by atoms with Crippen LogP contribution in [0.15, 0.2) is 29.6 Å². The summed E-state index contributed by atoms with van der Waals surface area (Å²) in [7, 11) is 0. The predicted octanol–water partition coefficient (Wildman–Crippen LogP) is 2.65.